The van der Waals surface area contributed by atoms with Crippen LogP contribution in [0, 0.1) is 5.92 Å². The van der Waals surface area contributed by atoms with Gasteiger partial charge < -0.3 is 10.4 Å². The number of carbonyl (C=O) groups excluding carboxylic acids is 3. The van der Waals surface area contributed by atoms with Crippen LogP contribution in [0.2, 0.25) is 0 Å². The Morgan fingerprint density at radius 1 is 1.22 bits per heavy atom. The fourth-order valence-corrected chi connectivity index (χ4v) is 2.41. The molecule has 122 valence electrons. The zero-order chi connectivity index (χ0) is 17.3. The van der Waals surface area contributed by atoms with E-state index in [0.717, 1.165) is 4.90 Å². The van der Waals surface area contributed by atoms with Crippen molar-refractivity contribution in [2.24, 2.45) is 5.92 Å². The van der Waals surface area contributed by atoms with Crippen LogP contribution in [-0.2, 0) is 4.79 Å². The van der Waals surface area contributed by atoms with Crippen molar-refractivity contribution in [1.29, 1.82) is 0 Å². The fraction of sp³-hybridized carbons (Fsp3) is 0.375. The number of imide groups is 1. The molecule has 1 aromatic rings. The number of aliphatic carboxylic acids is 1. The summed E-state index contributed by atoms with van der Waals surface area (Å²) in [5, 5.41) is 11.7. The molecule has 7 nitrogen and oxygen atoms in total. The summed E-state index contributed by atoms with van der Waals surface area (Å²) in [4.78, 5) is 48.3. The highest BCUT2D eigenvalue weighted by atomic mass is 16.4. The van der Waals surface area contributed by atoms with Crippen molar-refractivity contribution in [2.45, 2.75) is 26.3 Å². The van der Waals surface area contributed by atoms with Crippen molar-refractivity contribution in [1.82, 2.24) is 10.2 Å². The zero-order valence-electron chi connectivity index (χ0n) is 13.1. The molecule has 7 heteroatoms. The Bertz CT molecular complexity index is 698. The Balaban J connectivity index is 2.27. The average molecular weight is 318 g/mol. The zero-order valence-corrected chi connectivity index (χ0v) is 13.1. The smallest absolute Gasteiger partial charge is 0.326 e. The van der Waals surface area contributed by atoms with Gasteiger partial charge in [-0.15, -0.1) is 0 Å². The number of nitrogens with one attached hydrogen (secondary N) is 1. The highest BCUT2D eigenvalue weighted by Crippen LogP contribution is 2.23. The van der Waals surface area contributed by atoms with Crippen molar-refractivity contribution in [3.8, 4) is 0 Å². The first-order valence-corrected chi connectivity index (χ1v) is 7.28. The maximum atomic E-state index is 12.3. The van der Waals surface area contributed by atoms with E-state index in [2.05, 4.69) is 5.32 Å². The number of amides is 3. The van der Waals surface area contributed by atoms with Gasteiger partial charge in [-0.25, -0.2) is 4.79 Å². The van der Waals surface area contributed by atoms with E-state index >= 15 is 0 Å². The van der Waals surface area contributed by atoms with Gasteiger partial charge in [-0.2, -0.15) is 0 Å². The summed E-state index contributed by atoms with van der Waals surface area (Å²) in [5.74, 6) is -2.83. The van der Waals surface area contributed by atoms with E-state index in [-0.39, 0.29) is 22.6 Å². The van der Waals surface area contributed by atoms with Crippen LogP contribution in [0.15, 0.2) is 18.2 Å². The molecule has 1 heterocycles. The molecule has 0 saturated carbocycles. The molecular formula is C16H18N2O5. The molecule has 23 heavy (non-hydrogen) atoms. The summed E-state index contributed by atoms with van der Waals surface area (Å²) in [6.45, 7) is 3.57. The second-order valence-corrected chi connectivity index (χ2v) is 5.60. The van der Waals surface area contributed by atoms with E-state index in [1.807, 2.05) is 6.92 Å². The number of rotatable bonds is 5. The van der Waals surface area contributed by atoms with Crippen LogP contribution in [0.1, 0.15) is 51.3 Å². The molecule has 0 fully saturated rings. The third-order valence-corrected chi connectivity index (χ3v) is 4.12. The third kappa shape index (κ3) is 2.94. The monoisotopic (exact) mass is 318 g/mol. The van der Waals surface area contributed by atoms with Crippen molar-refractivity contribution in [2.75, 3.05) is 7.05 Å². The summed E-state index contributed by atoms with van der Waals surface area (Å²) >= 11 is 0. The Kier molecular flexibility index (Phi) is 4.49. The van der Waals surface area contributed by atoms with E-state index in [0.29, 0.717) is 6.42 Å². The minimum atomic E-state index is -1.11. The van der Waals surface area contributed by atoms with Crippen molar-refractivity contribution < 1.29 is 24.3 Å². The molecule has 1 aliphatic heterocycles. The molecule has 2 unspecified atom stereocenters. The Labute approximate surface area is 133 Å². The van der Waals surface area contributed by atoms with Crippen LogP contribution in [-0.4, -0.2) is 46.8 Å². The minimum Gasteiger partial charge on any atom is -0.480 e. The maximum absolute atomic E-state index is 12.3. The quantitative estimate of drug-likeness (QED) is 0.792. The van der Waals surface area contributed by atoms with Crippen LogP contribution in [0.3, 0.4) is 0 Å². The molecule has 2 rings (SSSR count). The first-order chi connectivity index (χ1) is 10.8. The number of hydrogen-bond donors (Lipinski definition) is 2. The molecule has 2 atom stereocenters. The van der Waals surface area contributed by atoms with Gasteiger partial charge >= 0.3 is 5.97 Å². The van der Waals surface area contributed by atoms with Gasteiger partial charge in [0.2, 0.25) is 0 Å². The lowest BCUT2D eigenvalue weighted by Gasteiger charge is -2.20. The maximum Gasteiger partial charge on any atom is 0.326 e. The molecule has 0 bridgehead atoms. The van der Waals surface area contributed by atoms with Crippen molar-refractivity contribution in [3.05, 3.63) is 34.9 Å². The number of carboxylic acids is 1. The number of carbonyl (C=O) groups is 4. The second-order valence-electron chi connectivity index (χ2n) is 5.60. The predicted octanol–water partition coefficient (Wildman–Crippen LogP) is 1.14. The lowest BCUT2D eigenvalue weighted by molar-refractivity contribution is -0.140. The molecule has 0 aromatic heterocycles. The van der Waals surface area contributed by atoms with Crippen LogP contribution in [0.25, 0.3) is 0 Å². The highest BCUT2D eigenvalue weighted by Gasteiger charge is 2.33. The number of carboxylic acid groups (broad SMARTS) is 1. The van der Waals surface area contributed by atoms with Gasteiger partial charge in [0.15, 0.2) is 0 Å². The minimum absolute atomic E-state index is 0.148. The fourth-order valence-electron chi connectivity index (χ4n) is 2.41. The second kappa shape index (κ2) is 6.20. The van der Waals surface area contributed by atoms with Gasteiger partial charge in [0.25, 0.3) is 17.7 Å². The number of hydrogen-bond acceptors (Lipinski definition) is 4. The van der Waals surface area contributed by atoms with Gasteiger partial charge in [-0.3, -0.25) is 19.3 Å². The molecule has 1 aromatic carbocycles. The predicted molar refractivity (Wildman–Crippen MR) is 81.2 cm³/mol. The molecule has 0 saturated heterocycles. The molecule has 2 N–H and O–H groups in total. The Morgan fingerprint density at radius 2 is 1.83 bits per heavy atom. The van der Waals surface area contributed by atoms with E-state index in [9.17, 15) is 24.3 Å². The Hall–Kier alpha value is -2.70. The van der Waals surface area contributed by atoms with Crippen molar-refractivity contribution in [3.63, 3.8) is 0 Å². The van der Waals surface area contributed by atoms with E-state index < -0.39 is 29.7 Å². The van der Waals surface area contributed by atoms with Gasteiger partial charge in [-0.05, 0) is 24.1 Å². The molecule has 0 radical (unpaired) electrons. The van der Waals surface area contributed by atoms with Gasteiger partial charge in [-0.1, -0.05) is 20.3 Å². The normalized spacial score (nSPS) is 16.0. The van der Waals surface area contributed by atoms with Crippen LogP contribution < -0.4 is 5.32 Å². The molecule has 0 spiro atoms. The first kappa shape index (κ1) is 16.7. The van der Waals surface area contributed by atoms with E-state index in [1.54, 1.807) is 6.92 Å². The standard InChI is InChI=1S/C16H18N2O5/c1-4-8(2)12(16(22)23)17-13(19)9-5-6-10-11(7-9)15(21)18(3)14(10)20/h5-8,12H,4H2,1-3H3,(H,17,19)(H,22,23). The van der Waals surface area contributed by atoms with Crippen LogP contribution in [0.4, 0.5) is 0 Å². The summed E-state index contributed by atoms with van der Waals surface area (Å²) in [5.41, 5.74) is 0.543. The SMILES string of the molecule is CCC(C)C(NC(=O)c1ccc2c(c1)C(=O)N(C)C2=O)C(=O)O. The summed E-state index contributed by atoms with van der Waals surface area (Å²) in [6, 6.07) is 3.13. The molecule has 3 amide bonds. The summed E-state index contributed by atoms with van der Waals surface area (Å²) in [6.07, 6.45) is 0.596. The largest absolute Gasteiger partial charge is 0.480 e. The number of nitrogens with zero attached hydrogens (tertiary/aromatic N) is 1. The lowest BCUT2D eigenvalue weighted by Crippen LogP contribution is -2.45. The summed E-state index contributed by atoms with van der Waals surface area (Å²) < 4.78 is 0. The van der Waals surface area contributed by atoms with E-state index in [1.165, 1.54) is 25.2 Å². The number of fused-ring (bicyclic) bond motifs is 1. The molecular weight excluding hydrogens is 300 g/mol. The van der Waals surface area contributed by atoms with Crippen LogP contribution >= 0.6 is 0 Å². The van der Waals surface area contributed by atoms with Gasteiger partial charge in [0.05, 0.1) is 11.1 Å². The highest BCUT2D eigenvalue weighted by molar-refractivity contribution is 6.21. The number of benzene rings is 1. The summed E-state index contributed by atoms with van der Waals surface area (Å²) in [7, 11) is 1.37. The molecule has 1 aliphatic rings. The molecule has 0 aliphatic carbocycles. The van der Waals surface area contributed by atoms with E-state index in [4.69, 9.17) is 0 Å². The van der Waals surface area contributed by atoms with Crippen LogP contribution in [0.5, 0.6) is 0 Å². The average Bonchev–Trinajstić information content (AvgIpc) is 2.75. The first-order valence-electron chi connectivity index (χ1n) is 7.28. The lowest BCUT2D eigenvalue weighted by atomic mass is 9.98. The van der Waals surface area contributed by atoms with Crippen molar-refractivity contribution >= 4 is 23.7 Å². The van der Waals surface area contributed by atoms with Gasteiger partial charge in [0.1, 0.15) is 6.04 Å². The Morgan fingerprint density at radius 3 is 2.39 bits per heavy atom. The van der Waals surface area contributed by atoms with Gasteiger partial charge in [0, 0.05) is 12.6 Å². The third-order valence-electron chi connectivity index (χ3n) is 4.12. The topological polar surface area (TPSA) is 104 Å².